The van der Waals surface area contributed by atoms with E-state index in [-0.39, 0.29) is 28.6 Å². The van der Waals surface area contributed by atoms with E-state index in [1.54, 1.807) is 11.1 Å². The zero-order valence-corrected chi connectivity index (χ0v) is 32.7. The zero-order chi connectivity index (χ0) is 36.2. The second kappa shape index (κ2) is 10.4. The molecular formula is C49H52BN3. The number of hydrogen-bond acceptors (Lipinski definition) is 3. The largest absolute Gasteiger partial charge is 0.335 e. The highest BCUT2D eigenvalue weighted by Crippen LogP contribution is 2.65. The Bertz CT molecular complexity index is 2350. The fourth-order valence-electron chi connectivity index (χ4n) is 12.9. The third kappa shape index (κ3) is 3.78. The standard InChI is InChI=1S/C49H52BN3/c1-31-15-12-17-34(25-31)51(35-18-13-16-32(2)26-35)36-29-41-43-42(30-36)53-45-38(47(5)22-9-11-24-49(47,53)7)27-33(3)28-40(45)50(43)39-20-14-19-37-44(39)52(41)48(6)23-10-8-21-46(37,48)4/h12-20,25-30H,8-11,21-24H2,1-7H3. The summed E-state index contributed by atoms with van der Waals surface area (Å²) >= 11 is 0. The topological polar surface area (TPSA) is 9.72 Å². The van der Waals surface area contributed by atoms with E-state index in [0.717, 1.165) is 0 Å². The van der Waals surface area contributed by atoms with Crippen LogP contribution in [0.3, 0.4) is 0 Å². The minimum Gasteiger partial charge on any atom is -0.335 e. The normalized spacial score (nSPS) is 28.2. The number of hydrogen-bond donors (Lipinski definition) is 0. The molecule has 4 heteroatoms. The molecule has 0 aromatic heterocycles. The highest BCUT2D eigenvalue weighted by Gasteiger charge is 2.64. The van der Waals surface area contributed by atoms with Crippen LogP contribution < -0.4 is 31.1 Å². The van der Waals surface area contributed by atoms with Crippen LogP contribution in [-0.2, 0) is 10.8 Å². The first kappa shape index (κ1) is 32.0. The van der Waals surface area contributed by atoms with E-state index in [9.17, 15) is 0 Å². The molecule has 6 aliphatic rings. The van der Waals surface area contributed by atoms with Gasteiger partial charge in [0, 0.05) is 45.0 Å². The molecule has 2 aliphatic carbocycles. The molecule has 2 saturated carbocycles. The second-order valence-electron chi connectivity index (χ2n) is 18.6. The van der Waals surface area contributed by atoms with Gasteiger partial charge in [0.15, 0.2) is 0 Å². The molecule has 4 heterocycles. The molecule has 0 amide bonds. The Balaban J connectivity index is 1.29. The number of para-hydroxylation sites is 1. The predicted molar refractivity (Wildman–Crippen MR) is 226 cm³/mol. The van der Waals surface area contributed by atoms with Crippen LogP contribution in [0.1, 0.15) is 107 Å². The summed E-state index contributed by atoms with van der Waals surface area (Å²) in [7, 11) is 0. The van der Waals surface area contributed by atoms with Crippen molar-refractivity contribution in [1.82, 2.24) is 0 Å². The molecule has 0 radical (unpaired) electrons. The summed E-state index contributed by atoms with van der Waals surface area (Å²) in [5.41, 5.74) is 21.4. The summed E-state index contributed by atoms with van der Waals surface area (Å²) in [5.74, 6) is 0. The Hall–Kier alpha value is -4.44. The van der Waals surface area contributed by atoms with Crippen LogP contribution in [0.15, 0.2) is 91.0 Å². The average Bonchev–Trinajstić information content (AvgIpc) is 3.48. The SMILES string of the molecule is Cc1cccc(N(c2cccc(C)c2)c2cc3c4c(c2)N2c5c(cc(C)cc5C5(C)CCCCC25C)B4c2cccc4c2N3C2(C)CCCCC42C)c1. The van der Waals surface area contributed by atoms with Gasteiger partial charge in [-0.1, -0.05) is 99.7 Å². The molecule has 4 unspecified atom stereocenters. The van der Waals surface area contributed by atoms with Crippen molar-refractivity contribution < 1.29 is 0 Å². The number of aryl methyl sites for hydroxylation is 3. The van der Waals surface area contributed by atoms with Crippen molar-refractivity contribution in [3.63, 3.8) is 0 Å². The van der Waals surface area contributed by atoms with Gasteiger partial charge in [-0.2, -0.15) is 0 Å². The lowest BCUT2D eigenvalue weighted by Gasteiger charge is -2.55. The summed E-state index contributed by atoms with van der Waals surface area (Å²) < 4.78 is 0. The third-order valence-electron chi connectivity index (χ3n) is 15.8. The molecule has 0 N–H and O–H groups in total. The van der Waals surface area contributed by atoms with E-state index >= 15 is 0 Å². The maximum Gasteiger partial charge on any atom is 0.252 e. The Labute approximate surface area is 317 Å². The molecule has 53 heavy (non-hydrogen) atoms. The van der Waals surface area contributed by atoms with Gasteiger partial charge in [0.2, 0.25) is 0 Å². The van der Waals surface area contributed by atoms with E-state index in [4.69, 9.17) is 0 Å². The molecule has 4 aliphatic heterocycles. The van der Waals surface area contributed by atoms with E-state index in [1.807, 2.05) is 0 Å². The second-order valence-corrected chi connectivity index (χ2v) is 18.6. The van der Waals surface area contributed by atoms with E-state index in [0.29, 0.717) is 0 Å². The lowest BCUT2D eigenvalue weighted by molar-refractivity contribution is 0.194. The fraction of sp³-hybridized carbons (Fsp3) is 0.388. The Morgan fingerprint density at radius 1 is 0.509 bits per heavy atom. The molecule has 266 valence electrons. The van der Waals surface area contributed by atoms with Gasteiger partial charge in [0.05, 0.1) is 16.8 Å². The minimum atomic E-state index is -0.0125. The number of rotatable bonds is 3. The lowest BCUT2D eigenvalue weighted by atomic mass is 9.33. The zero-order valence-electron chi connectivity index (χ0n) is 32.7. The third-order valence-corrected chi connectivity index (χ3v) is 15.8. The maximum atomic E-state index is 2.91. The van der Waals surface area contributed by atoms with Gasteiger partial charge in [-0.05, 0) is 135 Å². The Morgan fingerprint density at radius 2 is 1.04 bits per heavy atom. The van der Waals surface area contributed by atoms with Crippen molar-refractivity contribution >= 4 is 62.9 Å². The van der Waals surface area contributed by atoms with E-state index in [2.05, 4.69) is 154 Å². The number of fused-ring (bicyclic) bond motifs is 10. The smallest absolute Gasteiger partial charge is 0.252 e. The number of benzene rings is 5. The van der Waals surface area contributed by atoms with Gasteiger partial charge in [-0.3, -0.25) is 0 Å². The van der Waals surface area contributed by atoms with Gasteiger partial charge in [0.1, 0.15) is 0 Å². The molecule has 5 aromatic carbocycles. The van der Waals surface area contributed by atoms with Crippen molar-refractivity contribution in [3.05, 3.63) is 119 Å². The van der Waals surface area contributed by atoms with Crippen molar-refractivity contribution in [2.45, 2.75) is 122 Å². The van der Waals surface area contributed by atoms with Crippen molar-refractivity contribution in [1.29, 1.82) is 0 Å². The summed E-state index contributed by atoms with van der Waals surface area (Å²) in [4.78, 5) is 8.36. The molecular weight excluding hydrogens is 641 g/mol. The van der Waals surface area contributed by atoms with Crippen LogP contribution in [0.4, 0.5) is 39.8 Å². The number of anilines is 7. The number of nitrogens with zero attached hydrogens (tertiary/aromatic N) is 3. The minimum absolute atomic E-state index is 0.00907. The molecule has 5 aromatic rings. The van der Waals surface area contributed by atoms with Crippen molar-refractivity contribution in [3.8, 4) is 0 Å². The van der Waals surface area contributed by atoms with E-state index < -0.39 is 0 Å². The predicted octanol–water partition coefficient (Wildman–Crippen LogP) is 10.7. The van der Waals surface area contributed by atoms with Crippen LogP contribution >= 0.6 is 0 Å². The monoisotopic (exact) mass is 693 g/mol. The Kier molecular flexibility index (Phi) is 6.29. The fourth-order valence-corrected chi connectivity index (χ4v) is 12.9. The summed E-state index contributed by atoms with van der Waals surface area (Å²) in [6.07, 6.45) is 10.1. The highest BCUT2D eigenvalue weighted by molar-refractivity contribution is 7.00. The first-order valence-corrected chi connectivity index (χ1v) is 20.5. The highest BCUT2D eigenvalue weighted by atomic mass is 15.3. The molecule has 2 fully saturated rings. The van der Waals surface area contributed by atoms with Gasteiger partial charge in [-0.15, -0.1) is 0 Å². The maximum absolute atomic E-state index is 2.91. The molecule has 3 nitrogen and oxygen atoms in total. The average molecular weight is 694 g/mol. The van der Waals surface area contributed by atoms with Crippen LogP contribution in [0.2, 0.25) is 0 Å². The van der Waals surface area contributed by atoms with Crippen molar-refractivity contribution in [2.75, 3.05) is 14.7 Å². The van der Waals surface area contributed by atoms with Crippen LogP contribution in [0.25, 0.3) is 0 Å². The lowest BCUT2D eigenvalue weighted by Crippen LogP contribution is -2.66. The van der Waals surface area contributed by atoms with E-state index in [1.165, 1.54) is 124 Å². The van der Waals surface area contributed by atoms with Crippen molar-refractivity contribution in [2.24, 2.45) is 0 Å². The summed E-state index contributed by atoms with van der Waals surface area (Å²) in [5, 5.41) is 0. The molecule has 0 bridgehead atoms. The van der Waals surface area contributed by atoms with Crippen LogP contribution in [0, 0.1) is 20.8 Å². The molecule has 0 spiro atoms. The van der Waals surface area contributed by atoms with Gasteiger partial charge in [-0.25, -0.2) is 0 Å². The molecule has 0 saturated heterocycles. The first-order chi connectivity index (χ1) is 25.5. The van der Waals surface area contributed by atoms with Gasteiger partial charge < -0.3 is 14.7 Å². The molecule has 11 rings (SSSR count). The first-order valence-electron chi connectivity index (χ1n) is 20.5. The summed E-state index contributed by atoms with van der Waals surface area (Å²) in [6.45, 7) is 17.5. The van der Waals surface area contributed by atoms with Gasteiger partial charge >= 0.3 is 0 Å². The van der Waals surface area contributed by atoms with Crippen LogP contribution in [0.5, 0.6) is 0 Å². The quantitative estimate of drug-likeness (QED) is 0.174. The summed E-state index contributed by atoms with van der Waals surface area (Å²) in [6, 6.07) is 36.0. The Morgan fingerprint density at radius 3 is 1.62 bits per heavy atom. The van der Waals surface area contributed by atoms with Crippen LogP contribution in [-0.4, -0.2) is 17.8 Å². The molecule has 4 atom stereocenters. The van der Waals surface area contributed by atoms with Gasteiger partial charge in [0.25, 0.3) is 6.71 Å².